The van der Waals surface area contributed by atoms with Gasteiger partial charge in [0.25, 0.3) is 0 Å². The first-order valence-electron chi connectivity index (χ1n) is 6.69. The van der Waals surface area contributed by atoms with E-state index in [1.807, 2.05) is 38.1 Å². The number of amides is 1. The smallest absolute Gasteiger partial charge is 0.224 e. The predicted octanol–water partition coefficient (Wildman–Crippen LogP) is 3.58. The molecule has 3 nitrogen and oxygen atoms in total. The van der Waals surface area contributed by atoms with Crippen LogP contribution in [0, 0.1) is 13.8 Å². The lowest BCUT2D eigenvalue weighted by molar-refractivity contribution is -0.116. The molecule has 0 saturated carbocycles. The number of phenols is 1. The second-order valence-corrected chi connectivity index (χ2v) is 5.05. The number of carbonyl (C=O) groups excluding carboxylic acids is 1. The van der Waals surface area contributed by atoms with Gasteiger partial charge in [-0.15, -0.1) is 0 Å². The molecule has 0 heterocycles. The lowest BCUT2D eigenvalue weighted by Crippen LogP contribution is -2.12. The Morgan fingerprint density at radius 2 is 1.75 bits per heavy atom. The molecule has 2 N–H and O–H groups in total. The van der Waals surface area contributed by atoms with Crippen molar-refractivity contribution in [2.24, 2.45) is 0 Å². The average molecular weight is 269 g/mol. The zero-order valence-electron chi connectivity index (χ0n) is 11.8. The molecule has 20 heavy (non-hydrogen) atoms. The van der Waals surface area contributed by atoms with Gasteiger partial charge in [0, 0.05) is 12.1 Å². The number of phenolic OH excluding ortho intramolecular Hbond substituents is 1. The maximum absolute atomic E-state index is 11.9. The first-order valence-corrected chi connectivity index (χ1v) is 6.69. The molecule has 2 aromatic rings. The molecule has 104 valence electrons. The summed E-state index contributed by atoms with van der Waals surface area (Å²) in [5.74, 6) is 0.199. The standard InChI is InChI=1S/C17H19NO2/c1-12-9-13(2)11-15(10-12)18-17(20)8-7-14-5-3-4-6-16(14)19/h3-6,9-11,19H,7-8H2,1-2H3,(H,18,20). The summed E-state index contributed by atoms with van der Waals surface area (Å²) in [4.78, 5) is 11.9. The Labute approximate surface area is 119 Å². The van der Waals surface area contributed by atoms with Crippen LogP contribution in [0.2, 0.25) is 0 Å². The number of aromatic hydroxyl groups is 1. The van der Waals surface area contributed by atoms with Crippen LogP contribution in [0.3, 0.4) is 0 Å². The summed E-state index contributed by atoms with van der Waals surface area (Å²) in [5, 5.41) is 12.5. The molecular weight excluding hydrogens is 250 g/mol. The van der Waals surface area contributed by atoms with Crippen molar-refractivity contribution in [2.45, 2.75) is 26.7 Å². The van der Waals surface area contributed by atoms with Gasteiger partial charge in [0.15, 0.2) is 0 Å². The molecule has 0 bridgehead atoms. The van der Waals surface area contributed by atoms with Crippen molar-refractivity contribution in [1.29, 1.82) is 0 Å². The normalized spacial score (nSPS) is 10.3. The van der Waals surface area contributed by atoms with Crippen LogP contribution >= 0.6 is 0 Å². The van der Waals surface area contributed by atoms with Gasteiger partial charge in [0.2, 0.25) is 5.91 Å². The van der Waals surface area contributed by atoms with E-state index >= 15 is 0 Å². The molecule has 0 fully saturated rings. The highest BCUT2D eigenvalue weighted by atomic mass is 16.3. The Bertz CT molecular complexity index is 600. The van der Waals surface area contributed by atoms with Crippen LogP contribution in [0.25, 0.3) is 0 Å². The Balaban J connectivity index is 1.94. The molecule has 0 atom stereocenters. The summed E-state index contributed by atoms with van der Waals surface area (Å²) in [6, 6.07) is 13.1. The molecule has 3 heteroatoms. The maximum atomic E-state index is 11.9. The molecule has 1 amide bonds. The zero-order chi connectivity index (χ0) is 14.5. The SMILES string of the molecule is Cc1cc(C)cc(NC(=O)CCc2ccccc2O)c1. The minimum absolute atomic E-state index is 0.0433. The first kappa shape index (κ1) is 14.1. The largest absolute Gasteiger partial charge is 0.508 e. The molecule has 0 unspecified atom stereocenters. The van der Waals surface area contributed by atoms with E-state index in [0.717, 1.165) is 22.4 Å². The van der Waals surface area contributed by atoms with Crippen molar-refractivity contribution in [3.8, 4) is 5.75 Å². The van der Waals surface area contributed by atoms with Crippen LogP contribution in [-0.2, 0) is 11.2 Å². The number of anilines is 1. The van der Waals surface area contributed by atoms with Crippen LogP contribution in [0.15, 0.2) is 42.5 Å². The van der Waals surface area contributed by atoms with Crippen molar-refractivity contribution in [3.63, 3.8) is 0 Å². The fraction of sp³-hybridized carbons (Fsp3) is 0.235. The molecule has 0 spiro atoms. The first-order chi connectivity index (χ1) is 9.54. The van der Waals surface area contributed by atoms with Gasteiger partial charge >= 0.3 is 0 Å². The Kier molecular flexibility index (Phi) is 4.41. The van der Waals surface area contributed by atoms with Crippen LogP contribution in [0.4, 0.5) is 5.69 Å². The monoisotopic (exact) mass is 269 g/mol. The number of carbonyl (C=O) groups is 1. The van der Waals surface area contributed by atoms with Gasteiger partial charge in [0.1, 0.15) is 5.75 Å². The van der Waals surface area contributed by atoms with E-state index in [1.54, 1.807) is 12.1 Å². The lowest BCUT2D eigenvalue weighted by Gasteiger charge is -2.08. The van der Waals surface area contributed by atoms with E-state index in [-0.39, 0.29) is 11.7 Å². The van der Waals surface area contributed by atoms with Crippen molar-refractivity contribution in [1.82, 2.24) is 0 Å². The number of hydrogen-bond acceptors (Lipinski definition) is 2. The van der Waals surface area contributed by atoms with Crippen molar-refractivity contribution < 1.29 is 9.90 Å². The number of nitrogens with one attached hydrogen (secondary N) is 1. The fourth-order valence-corrected chi connectivity index (χ4v) is 2.24. The second kappa shape index (κ2) is 6.24. The molecule has 0 aliphatic rings. The highest BCUT2D eigenvalue weighted by Crippen LogP contribution is 2.18. The zero-order valence-corrected chi connectivity index (χ0v) is 11.8. The van der Waals surface area contributed by atoms with E-state index in [2.05, 4.69) is 11.4 Å². The molecule has 0 aliphatic heterocycles. The third-order valence-corrected chi connectivity index (χ3v) is 3.12. The van der Waals surface area contributed by atoms with E-state index in [0.29, 0.717) is 12.8 Å². The molecule has 0 radical (unpaired) electrons. The molecule has 2 rings (SSSR count). The summed E-state index contributed by atoms with van der Waals surface area (Å²) >= 11 is 0. The third-order valence-electron chi connectivity index (χ3n) is 3.12. The number of benzene rings is 2. The molecular formula is C17H19NO2. The predicted molar refractivity (Wildman–Crippen MR) is 81.0 cm³/mol. The fourth-order valence-electron chi connectivity index (χ4n) is 2.24. The van der Waals surface area contributed by atoms with Gasteiger partial charge in [-0.05, 0) is 55.2 Å². The Morgan fingerprint density at radius 3 is 2.40 bits per heavy atom. The molecule has 0 saturated heterocycles. The number of aryl methyl sites for hydroxylation is 3. The summed E-state index contributed by atoms with van der Waals surface area (Å²) in [5.41, 5.74) is 3.87. The Morgan fingerprint density at radius 1 is 1.10 bits per heavy atom. The summed E-state index contributed by atoms with van der Waals surface area (Å²) in [6.45, 7) is 4.01. The maximum Gasteiger partial charge on any atom is 0.224 e. The highest BCUT2D eigenvalue weighted by molar-refractivity contribution is 5.91. The summed E-state index contributed by atoms with van der Waals surface area (Å²) in [6.07, 6.45) is 0.883. The lowest BCUT2D eigenvalue weighted by atomic mass is 10.1. The van der Waals surface area contributed by atoms with Crippen molar-refractivity contribution in [3.05, 3.63) is 59.2 Å². The Hall–Kier alpha value is -2.29. The quantitative estimate of drug-likeness (QED) is 0.891. The van der Waals surface area contributed by atoms with E-state index in [4.69, 9.17) is 0 Å². The van der Waals surface area contributed by atoms with Gasteiger partial charge in [-0.2, -0.15) is 0 Å². The number of para-hydroxylation sites is 1. The molecule has 0 aliphatic carbocycles. The molecule has 0 aromatic heterocycles. The van der Waals surface area contributed by atoms with E-state index in [9.17, 15) is 9.90 Å². The van der Waals surface area contributed by atoms with Crippen molar-refractivity contribution in [2.75, 3.05) is 5.32 Å². The summed E-state index contributed by atoms with van der Waals surface area (Å²) < 4.78 is 0. The highest BCUT2D eigenvalue weighted by Gasteiger charge is 2.06. The van der Waals surface area contributed by atoms with Gasteiger partial charge < -0.3 is 10.4 Å². The number of rotatable bonds is 4. The average Bonchev–Trinajstić information content (AvgIpc) is 2.36. The van der Waals surface area contributed by atoms with Gasteiger partial charge in [0.05, 0.1) is 0 Å². The minimum Gasteiger partial charge on any atom is -0.508 e. The van der Waals surface area contributed by atoms with E-state index < -0.39 is 0 Å². The van der Waals surface area contributed by atoms with Crippen LogP contribution in [0.1, 0.15) is 23.1 Å². The van der Waals surface area contributed by atoms with Gasteiger partial charge in [-0.3, -0.25) is 4.79 Å². The van der Waals surface area contributed by atoms with Crippen LogP contribution in [-0.4, -0.2) is 11.0 Å². The summed E-state index contributed by atoms with van der Waals surface area (Å²) in [7, 11) is 0. The van der Waals surface area contributed by atoms with Gasteiger partial charge in [-0.25, -0.2) is 0 Å². The van der Waals surface area contributed by atoms with Crippen molar-refractivity contribution >= 4 is 11.6 Å². The van der Waals surface area contributed by atoms with Gasteiger partial charge in [-0.1, -0.05) is 24.3 Å². The third kappa shape index (κ3) is 3.85. The molecule has 2 aromatic carbocycles. The van der Waals surface area contributed by atoms with E-state index in [1.165, 1.54) is 0 Å². The van der Waals surface area contributed by atoms with Crippen LogP contribution < -0.4 is 5.32 Å². The topological polar surface area (TPSA) is 49.3 Å². The van der Waals surface area contributed by atoms with Crippen LogP contribution in [0.5, 0.6) is 5.75 Å². The second-order valence-electron chi connectivity index (χ2n) is 5.05. The number of hydrogen-bond donors (Lipinski definition) is 2. The minimum atomic E-state index is -0.0433.